The third kappa shape index (κ3) is 4.33. The van der Waals surface area contributed by atoms with Crippen molar-refractivity contribution in [2.24, 2.45) is 0 Å². The first-order valence-electron chi connectivity index (χ1n) is 11.1. The van der Waals surface area contributed by atoms with E-state index in [0.717, 1.165) is 59.3 Å². The van der Waals surface area contributed by atoms with Gasteiger partial charge in [0.1, 0.15) is 5.75 Å². The van der Waals surface area contributed by atoms with E-state index in [2.05, 4.69) is 22.9 Å². The monoisotopic (exact) mass is 421 g/mol. The SMILES string of the molecule is CCCCOC(=O)Nc1cccc(-c2c(N)c3ccc(OC)cc3n2C2CCCC2)c1. The number of nitrogens with one attached hydrogen (secondary N) is 1. The van der Waals surface area contributed by atoms with Crippen LogP contribution in [0.1, 0.15) is 51.5 Å². The summed E-state index contributed by atoms with van der Waals surface area (Å²) in [6, 6.07) is 14.3. The average molecular weight is 422 g/mol. The number of amides is 1. The van der Waals surface area contributed by atoms with Gasteiger partial charge in [-0.05, 0) is 43.5 Å². The minimum atomic E-state index is -0.431. The number of aromatic nitrogens is 1. The number of hydrogen-bond acceptors (Lipinski definition) is 4. The normalized spacial score (nSPS) is 14.1. The molecule has 3 aromatic rings. The fourth-order valence-corrected chi connectivity index (χ4v) is 4.49. The molecule has 0 bridgehead atoms. The Morgan fingerprint density at radius 3 is 2.74 bits per heavy atom. The first kappa shape index (κ1) is 21.1. The van der Waals surface area contributed by atoms with Crippen LogP contribution in [0.2, 0.25) is 0 Å². The van der Waals surface area contributed by atoms with Gasteiger partial charge < -0.3 is 19.8 Å². The highest BCUT2D eigenvalue weighted by Crippen LogP contribution is 2.44. The van der Waals surface area contributed by atoms with Crippen LogP contribution in [0.15, 0.2) is 42.5 Å². The largest absolute Gasteiger partial charge is 0.497 e. The van der Waals surface area contributed by atoms with E-state index in [1.165, 1.54) is 12.8 Å². The third-order valence-electron chi connectivity index (χ3n) is 6.05. The Morgan fingerprint density at radius 1 is 1.19 bits per heavy atom. The number of carbonyl (C=O) groups is 1. The smallest absolute Gasteiger partial charge is 0.411 e. The molecule has 6 heteroatoms. The fraction of sp³-hybridized carbons (Fsp3) is 0.400. The molecule has 0 atom stereocenters. The topological polar surface area (TPSA) is 78.5 Å². The fourth-order valence-electron chi connectivity index (χ4n) is 4.49. The van der Waals surface area contributed by atoms with Gasteiger partial charge in [-0.2, -0.15) is 0 Å². The van der Waals surface area contributed by atoms with Crippen molar-refractivity contribution in [1.82, 2.24) is 4.57 Å². The first-order chi connectivity index (χ1) is 15.1. The number of nitrogens with zero attached hydrogens (tertiary/aromatic N) is 1. The lowest BCUT2D eigenvalue weighted by Crippen LogP contribution is -2.14. The van der Waals surface area contributed by atoms with E-state index in [4.69, 9.17) is 15.2 Å². The number of nitrogen functional groups attached to an aromatic ring is 1. The summed E-state index contributed by atoms with van der Waals surface area (Å²) < 4.78 is 13.1. The van der Waals surface area contributed by atoms with E-state index >= 15 is 0 Å². The zero-order valence-corrected chi connectivity index (χ0v) is 18.3. The van der Waals surface area contributed by atoms with Crippen LogP contribution in [0.5, 0.6) is 5.75 Å². The molecule has 164 valence electrons. The molecule has 1 fully saturated rings. The van der Waals surface area contributed by atoms with E-state index in [9.17, 15) is 4.79 Å². The van der Waals surface area contributed by atoms with Crippen molar-refractivity contribution in [3.8, 4) is 17.0 Å². The summed E-state index contributed by atoms with van der Waals surface area (Å²) in [5.41, 5.74) is 11.2. The molecule has 2 aromatic carbocycles. The van der Waals surface area contributed by atoms with Crippen molar-refractivity contribution in [2.75, 3.05) is 24.8 Å². The Hall–Kier alpha value is -3.15. The van der Waals surface area contributed by atoms with E-state index < -0.39 is 6.09 Å². The van der Waals surface area contributed by atoms with Gasteiger partial charge in [0.2, 0.25) is 0 Å². The van der Waals surface area contributed by atoms with Gasteiger partial charge in [-0.25, -0.2) is 4.79 Å². The van der Waals surface area contributed by atoms with Gasteiger partial charge in [0.15, 0.2) is 0 Å². The number of anilines is 2. The molecular formula is C25H31N3O3. The molecule has 0 radical (unpaired) electrons. The van der Waals surface area contributed by atoms with Crippen molar-refractivity contribution < 1.29 is 14.3 Å². The van der Waals surface area contributed by atoms with Crippen LogP contribution < -0.4 is 15.8 Å². The number of unbranched alkanes of at least 4 members (excludes halogenated alkanes) is 1. The maximum absolute atomic E-state index is 12.1. The number of nitrogens with two attached hydrogens (primary N) is 1. The van der Waals surface area contributed by atoms with Gasteiger partial charge in [0.25, 0.3) is 0 Å². The van der Waals surface area contributed by atoms with Crippen LogP contribution in [0.4, 0.5) is 16.2 Å². The molecule has 3 N–H and O–H groups in total. The van der Waals surface area contributed by atoms with E-state index in [-0.39, 0.29) is 0 Å². The molecule has 0 unspecified atom stereocenters. The molecule has 0 spiro atoms. The zero-order valence-electron chi connectivity index (χ0n) is 18.3. The number of methoxy groups -OCH3 is 1. The van der Waals surface area contributed by atoms with Crippen molar-refractivity contribution in [3.05, 3.63) is 42.5 Å². The molecule has 1 heterocycles. The molecule has 0 aliphatic heterocycles. The molecule has 1 aromatic heterocycles. The molecule has 1 aliphatic carbocycles. The third-order valence-corrected chi connectivity index (χ3v) is 6.05. The second-order valence-corrected chi connectivity index (χ2v) is 8.15. The number of ether oxygens (including phenoxy) is 2. The maximum Gasteiger partial charge on any atom is 0.411 e. The molecule has 1 amide bonds. The quantitative estimate of drug-likeness (QED) is 0.435. The van der Waals surface area contributed by atoms with Gasteiger partial charge in [-0.1, -0.05) is 38.3 Å². The molecule has 1 saturated carbocycles. The molecular weight excluding hydrogens is 390 g/mol. The number of benzene rings is 2. The predicted molar refractivity (Wildman–Crippen MR) is 126 cm³/mol. The molecule has 4 rings (SSSR count). The van der Waals surface area contributed by atoms with Crippen LogP contribution in [0.25, 0.3) is 22.2 Å². The van der Waals surface area contributed by atoms with Gasteiger partial charge in [-0.3, -0.25) is 5.32 Å². The summed E-state index contributed by atoms with van der Waals surface area (Å²) in [5.74, 6) is 0.820. The minimum Gasteiger partial charge on any atom is -0.497 e. The van der Waals surface area contributed by atoms with Gasteiger partial charge in [-0.15, -0.1) is 0 Å². The average Bonchev–Trinajstić information content (AvgIpc) is 3.40. The summed E-state index contributed by atoms with van der Waals surface area (Å²) >= 11 is 0. The van der Waals surface area contributed by atoms with E-state index in [1.807, 2.05) is 36.4 Å². The van der Waals surface area contributed by atoms with Crippen molar-refractivity contribution >= 4 is 28.4 Å². The number of carbonyl (C=O) groups excluding carboxylic acids is 1. The van der Waals surface area contributed by atoms with Crippen LogP contribution in [0.3, 0.4) is 0 Å². The lowest BCUT2D eigenvalue weighted by atomic mass is 10.1. The molecule has 0 saturated heterocycles. The second kappa shape index (κ2) is 9.33. The highest BCUT2D eigenvalue weighted by atomic mass is 16.5. The molecule has 31 heavy (non-hydrogen) atoms. The van der Waals surface area contributed by atoms with E-state index in [0.29, 0.717) is 18.3 Å². The highest BCUT2D eigenvalue weighted by molar-refractivity contribution is 6.02. The van der Waals surface area contributed by atoms with Crippen molar-refractivity contribution in [3.63, 3.8) is 0 Å². The highest BCUT2D eigenvalue weighted by Gasteiger charge is 2.25. The number of rotatable bonds is 7. The maximum atomic E-state index is 12.1. The summed E-state index contributed by atoms with van der Waals surface area (Å²) in [4.78, 5) is 12.1. The van der Waals surface area contributed by atoms with Gasteiger partial charge in [0, 0.05) is 28.7 Å². The minimum absolute atomic E-state index is 0.400. The summed E-state index contributed by atoms with van der Waals surface area (Å²) in [7, 11) is 1.68. The van der Waals surface area contributed by atoms with Crippen molar-refractivity contribution in [1.29, 1.82) is 0 Å². The zero-order chi connectivity index (χ0) is 21.8. The number of fused-ring (bicyclic) bond motifs is 1. The van der Waals surface area contributed by atoms with Crippen molar-refractivity contribution in [2.45, 2.75) is 51.5 Å². The van der Waals surface area contributed by atoms with Gasteiger partial charge >= 0.3 is 6.09 Å². The Morgan fingerprint density at radius 2 is 2.00 bits per heavy atom. The Bertz CT molecular complexity index is 1070. The summed E-state index contributed by atoms with van der Waals surface area (Å²) in [5, 5.41) is 3.87. The molecule has 6 nitrogen and oxygen atoms in total. The Kier molecular flexibility index (Phi) is 6.35. The van der Waals surface area contributed by atoms with Crippen LogP contribution >= 0.6 is 0 Å². The van der Waals surface area contributed by atoms with E-state index in [1.54, 1.807) is 7.11 Å². The summed E-state index contributed by atoms with van der Waals surface area (Å²) in [6.45, 7) is 2.49. The molecule has 1 aliphatic rings. The second-order valence-electron chi connectivity index (χ2n) is 8.15. The lowest BCUT2D eigenvalue weighted by Gasteiger charge is -2.19. The number of hydrogen-bond donors (Lipinski definition) is 2. The predicted octanol–water partition coefficient (Wildman–Crippen LogP) is 6.36. The lowest BCUT2D eigenvalue weighted by molar-refractivity contribution is 0.160. The standard InChI is InChI=1S/C25H31N3O3/c1-3-4-14-31-25(29)27-18-9-7-8-17(15-18)24-23(26)21-13-12-20(30-2)16-22(21)28(24)19-10-5-6-11-19/h7-9,12-13,15-16,19H,3-6,10-11,14,26H2,1-2H3,(H,27,29). The first-order valence-corrected chi connectivity index (χ1v) is 11.1. The Labute approximate surface area is 183 Å². The Balaban J connectivity index is 1.74. The van der Waals surface area contributed by atoms with Crippen LogP contribution in [-0.2, 0) is 4.74 Å². The van der Waals surface area contributed by atoms with Crippen LogP contribution in [-0.4, -0.2) is 24.4 Å². The van der Waals surface area contributed by atoms with Crippen LogP contribution in [0, 0.1) is 0 Å². The van der Waals surface area contributed by atoms with Gasteiger partial charge in [0.05, 0.1) is 30.6 Å². The summed E-state index contributed by atoms with van der Waals surface area (Å²) in [6.07, 6.45) is 6.12.